The molecule has 35 heavy (non-hydrogen) atoms. The standard InChI is InChI=1S/C25H36FN7O2/c1-3-33-14-6-9-19(33)16-28-24-30-23(27-13-5-8-17-7-4-10-21(17)34)31-25(32-24)29-18-11-12-22(35-2)20(26)15-18/h11-12,15,17,19H,3-10,13-14,16H2,1-2H3,(H3,27,28,29,30,31,32). The lowest BCUT2D eigenvalue weighted by molar-refractivity contribution is -0.120. The first-order valence-corrected chi connectivity index (χ1v) is 12.7. The zero-order valence-electron chi connectivity index (χ0n) is 20.6. The Morgan fingerprint density at radius 1 is 1.11 bits per heavy atom. The van der Waals surface area contributed by atoms with Gasteiger partial charge in [0.15, 0.2) is 11.6 Å². The fourth-order valence-electron chi connectivity index (χ4n) is 4.96. The Morgan fingerprint density at radius 3 is 2.63 bits per heavy atom. The van der Waals surface area contributed by atoms with Gasteiger partial charge in [-0.3, -0.25) is 9.69 Å². The number of methoxy groups -OCH3 is 1. The largest absolute Gasteiger partial charge is 0.494 e. The highest BCUT2D eigenvalue weighted by atomic mass is 19.1. The van der Waals surface area contributed by atoms with Crippen LogP contribution in [0.5, 0.6) is 5.75 Å². The van der Waals surface area contributed by atoms with E-state index in [1.165, 1.54) is 19.6 Å². The van der Waals surface area contributed by atoms with E-state index in [9.17, 15) is 9.18 Å². The maximum atomic E-state index is 14.2. The van der Waals surface area contributed by atoms with Gasteiger partial charge in [0.25, 0.3) is 0 Å². The molecule has 1 saturated heterocycles. The molecule has 10 heteroatoms. The number of carbonyl (C=O) groups is 1. The van der Waals surface area contributed by atoms with Crippen LogP contribution in [0.3, 0.4) is 0 Å². The Bertz CT molecular complexity index is 1010. The molecule has 1 aromatic heterocycles. The summed E-state index contributed by atoms with van der Waals surface area (Å²) in [4.78, 5) is 27.9. The molecule has 2 aliphatic rings. The third kappa shape index (κ3) is 6.78. The van der Waals surface area contributed by atoms with Crippen LogP contribution in [0.15, 0.2) is 18.2 Å². The number of ether oxygens (including phenoxy) is 1. The lowest BCUT2D eigenvalue weighted by atomic mass is 10.0. The number of nitrogens with zero attached hydrogens (tertiary/aromatic N) is 4. The SMILES string of the molecule is CCN1CCCC1CNc1nc(NCCCC2CCCC2=O)nc(Nc2ccc(OC)c(F)c2)n1. The molecule has 1 aliphatic carbocycles. The second kappa shape index (κ2) is 12.1. The zero-order valence-corrected chi connectivity index (χ0v) is 20.6. The summed E-state index contributed by atoms with van der Waals surface area (Å²) in [5, 5.41) is 9.71. The molecule has 2 unspecified atom stereocenters. The number of likely N-dealkylation sites (N-methyl/N-ethyl adjacent to an activating group) is 1. The van der Waals surface area contributed by atoms with Gasteiger partial charge in [0.05, 0.1) is 7.11 Å². The van der Waals surface area contributed by atoms with Crippen molar-refractivity contribution in [3.63, 3.8) is 0 Å². The molecule has 0 bridgehead atoms. The van der Waals surface area contributed by atoms with Crippen molar-refractivity contribution in [3.05, 3.63) is 24.0 Å². The normalized spacial score (nSPS) is 20.3. The Balaban J connectivity index is 1.43. The number of halogens is 1. The smallest absolute Gasteiger partial charge is 0.233 e. The molecule has 0 radical (unpaired) electrons. The number of likely N-dealkylation sites (tertiary alicyclic amines) is 1. The lowest BCUT2D eigenvalue weighted by Crippen LogP contribution is -2.35. The summed E-state index contributed by atoms with van der Waals surface area (Å²) in [6, 6.07) is 5.06. The van der Waals surface area contributed by atoms with Gasteiger partial charge in [-0.25, -0.2) is 4.39 Å². The minimum absolute atomic E-state index is 0.175. The molecule has 9 nitrogen and oxygen atoms in total. The first-order chi connectivity index (χ1) is 17.1. The number of anilines is 4. The van der Waals surface area contributed by atoms with E-state index in [1.807, 2.05) is 0 Å². The molecule has 3 N–H and O–H groups in total. The van der Waals surface area contributed by atoms with Gasteiger partial charge in [0.1, 0.15) is 5.78 Å². The summed E-state index contributed by atoms with van der Waals surface area (Å²) in [6.45, 7) is 5.73. The van der Waals surface area contributed by atoms with E-state index in [0.29, 0.717) is 41.9 Å². The molecule has 2 atom stereocenters. The molecule has 1 aliphatic heterocycles. The number of hydrogen-bond acceptors (Lipinski definition) is 9. The number of ketones is 1. The molecular weight excluding hydrogens is 449 g/mol. The number of rotatable bonds is 12. The zero-order chi connectivity index (χ0) is 24.6. The highest BCUT2D eigenvalue weighted by Crippen LogP contribution is 2.26. The van der Waals surface area contributed by atoms with Crippen LogP contribution in [-0.4, -0.2) is 65.0 Å². The molecule has 1 aromatic carbocycles. The summed E-state index contributed by atoms with van der Waals surface area (Å²) in [5.74, 6) is 1.52. The van der Waals surface area contributed by atoms with Crippen molar-refractivity contribution in [1.82, 2.24) is 19.9 Å². The maximum Gasteiger partial charge on any atom is 0.233 e. The lowest BCUT2D eigenvalue weighted by Gasteiger charge is -2.23. The second-order valence-corrected chi connectivity index (χ2v) is 9.21. The molecule has 0 spiro atoms. The van der Waals surface area contributed by atoms with Gasteiger partial charge in [-0.2, -0.15) is 15.0 Å². The maximum absolute atomic E-state index is 14.2. The minimum atomic E-state index is -0.467. The highest BCUT2D eigenvalue weighted by Gasteiger charge is 2.24. The van der Waals surface area contributed by atoms with E-state index < -0.39 is 5.82 Å². The van der Waals surface area contributed by atoms with Crippen molar-refractivity contribution < 1.29 is 13.9 Å². The van der Waals surface area contributed by atoms with Crippen LogP contribution in [0.2, 0.25) is 0 Å². The summed E-state index contributed by atoms with van der Waals surface area (Å²) >= 11 is 0. The van der Waals surface area contributed by atoms with Gasteiger partial charge < -0.3 is 20.7 Å². The van der Waals surface area contributed by atoms with E-state index in [2.05, 4.69) is 42.7 Å². The van der Waals surface area contributed by atoms with Crippen molar-refractivity contribution >= 4 is 29.3 Å². The molecule has 4 rings (SSSR count). The molecular formula is C25H36FN7O2. The monoisotopic (exact) mass is 485 g/mol. The van der Waals surface area contributed by atoms with Gasteiger partial charge in [-0.05, 0) is 63.7 Å². The Kier molecular flexibility index (Phi) is 8.68. The van der Waals surface area contributed by atoms with Crippen molar-refractivity contribution in [3.8, 4) is 5.75 Å². The topological polar surface area (TPSA) is 104 Å². The number of carbonyl (C=O) groups excluding carboxylic acids is 1. The number of nitrogens with one attached hydrogen (secondary N) is 3. The Labute approximate surface area is 206 Å². The van der Waals surface area contributed by atoms with Crippen molar-refractivity contribution in [2.45, 2.75) is 57.9 Å². The van der Waals surface area contributed by atoms with E-state index in [0.717, 1.165) is 58.2 Å². The summed E-state index contributed by atoms with van der Waals surface area (Å²) in [7, 11) is 1.43. The van der Waals surface area contributed by atoms with Crippen LogP contribution in [0.25, 0.3) is 0 Å². The van der Waals surface area contributed by atoms with E-state index in [-0.39, 0.29) is 11.7 Å². The van der Waals surface area contributed by atoms with Crippen LogP contribution in [0.4, 0.5) is 27.9 Å². The summed E-state index contributed by atoms with van der Waals surface area (Å²) in [5.41, 5.74) is 0.513. The molecule has 190 valence electrons. The van der Waals surface area contributed by atoms with E-state index in [4.69, 9.17) is 4.74 Å². The predicted molar refractivity (Wildman–Crippen MR) is 135 cm³/mol. The average Bonchev–Trinajstić information content (AvgIpc) is 3.49. The number of benzene rings is 1. The minimum Gasteiger partial charge on any atom is -0.494 e. The van der Waals surface area contributed by atoms with Crippen LogP contribution < -0.4 is 20.7 Å². The van der Waals surface area contributed by atoms with Crippen LogP contribution in [-0.2, 0) is 4.79 Å². The van der Waals surface area contributed by atoms with Gasteiger partial charge in [0, 0.05) is 43.2 Å². The van der Waals surface area contributed by atoms with Gasteiger partial charge in [0.2, 0.25) is 17.8 Å². The van der Waals surface area contributed by atoms with Gasteiger partial charge in [-0.15, -0.1) is 0 Å². The van der Waals surface area contributed by atoms with Crippen LogP contribution >= 0.6 is 0 Å². The average molecular weight is 486 g/mol. The van der Waals surface area contributed by atoms with Crippen molar-refractivity contribution in [1.29, 1.82) is 0 Å². The van der Waals surface area contributed by atoms with E-state index >= 15 is 0 Å². The van der Waals surface area contributed by atoms with Gasteiger partial charge in [-0.1, -0.05) is 6.92 Å². The molecule has 1 saturated carbocycles. The molecule has 2 fully saturated rings. The number of aromatic nitrogens is 3. The molecule has 2 heterocycles. The fraction of sp³-hybridized carbons (Fsp3) is 0.600. The number of hydrogen-bond donors (Lipinski definition) is 3. The van der Waals surface area contributed by atoms with Crippen LogP contribution in [0, 0.1) is 11.7 Å². The second-order valence-electron chi connectivity index (χ2n) is 9.21. The number of Topliss-reactive ketones (excluding diaryl/α,β-unsaturated/α-hetero) is 1. The molecule has 0 amide bonds. The van der Waals surface area contributed by atoms with Crippen molar-refractivity contribution in [2.75, 3.05) is 49.2 Å². The third-order valence-electron chi connectivity index (χ3n) is 6.89. The quantitative estimate of drug-likeness (QED) is 0.381. The molecule has 2 aromatic rings. The highest BCUT2D eigenvalue weighted by molar-refractivity contribution is 5.82. The fourth-order valence-corrected chi connectivity index (χ4v) is 4.96. The van der Waals surface area contributed by atoms with Gasteiger partial charge >= 0.3 is 0 Å². The van der Waals surface area contributed by atoms with Crippen LogP contribution in [0.1, 0.15) is 51.9 Å². The third-order valence-corrected chi connectivity index (χ3v) is 6.89. The Morgan fingerprint density at radius 2 is 1.91 bits per heavy atom. The predicted octanol–water partition coefficient (Wildman–Crippen LogP) is 4.22. The first kappa shape index (κ1) is 25.1. The van der Waals surface area contributed by atoms with E-state index in [1.54, 1.807) is 12.1 Å². The summed E-state index contributed by atoms with van der Waals surface area (Å²) in [6.07, 6.45) is 6.82. The first-order valence-electron chi connectivity index (χ1n) is 12.7. The van der Waals surface area contributed by atoms with Crippen molar-refractivity contribution in [2.24, 2.45) is 5.92 Å². The Hall–Kier alpha value is -3.01. The summed E-state index contributed by atoms with van der Waals surface area (Å²) < 4.78 is 19.2.